The molecule has 2 aliphatic rings. The Morgan fingerprint density at radius 3 is 2.67 bits per heavy atom. The van der Waals surface area contributed by atoms with Gasteiger partial charge >= 0.3 is 5.97 Å². The van der Waals surface area contributed by atoms with Gasteiger partial charge in [-0.15, -0.1) is 0 Å². The highest BCUT2D eigenvalue weighted by Crippen LogP contribution is 2.30. The summed E-state index contributed by atoms with van der Waals surface area (Å²) in [6.45, 7) is -0.170. The number of aliphatic hydroxyl groups excluding tert-OH is 1. The lowest BCUT2D eigenvalue weighted by Crippen LogP contribution is -2.40. The molecule has 21 heavy (non-hydrogen) atoms. The normalized spacial score (nSPS) is 26.0. The van der Waals surface area contributed by atoms with E-state index in [9.17, 15) is 18.3 Å². The molecule has 1 aliphatic carbocycles. The molecule has 0 amide bonds. The van der Waals surface area contributed by atoms with E-state index < -0.39 is 28.1 Å². The zero-order valence-electron chi connectivity index (χ0n) is 11.4. The largest absolute Gasteiger partial charge is 0.480 e. The zero-order chi connectivity index (χ0) is 15.2. The van der Waals surface area contributed by atoms with Gasteiger partial charge in [0.25, 0.3) is 0 Å². The molecule has 0 aromatic heterocycles. The lowest BCUT2D eigenvalue weighted by Gasteiger charge is -2.21. The minimum atomic E-state index is -3.89. The summed E-state index contributed by atoms with van der Waals surface area (Å²) in [7, 11) is -3.89. The van der Waals surface area contributed by atoms with Crippen LogP contribution in [0.1, 0.15) is 24.0 Å². The highest BCUT2D eigenvalue weighted by atomic mass is 32.2. The van der Waals surface area contributed by atoms with Crippen LogP contribution in [-0.2, 0) is 27.7 Å². The number of benzene rings is 1. The van der Waals surface area contributed by atoms with Gasteiger partial charge in [-0.3, -0.25) is 4.79 Å². The average molecular weight is 311 g/mol. The molecular weight excluding hydrogens is 294 g/mol. The molecule has 0 unspecified atom stereocenters. The molecule has 1 aromatic rings. The van der Waals surface area contributed by atoms with E-state index in [2.05, 4.69) is 0 Å². The molecule has 114 valence electrons. The van der Waals surface area contributed by atoms with Crippen molar-refractivity contribution in [2.45, 2.75) is 42.7 Å². The fourth-order valence-corrected chi connectivity index (χ4v) is 4.80. The van der Waals surface area contributed by atoms with Crippen LogP contribution < -0.4 is 0 Å². The number of aliphatic hydroxyl groups is 1. The van der Waals surface area contributed by atoms with Gasteiger partial charge in [0, 0.05) is 13.0 Å². The van der Waals surface area contributed by atoms with Crippen LogP contribution in [-0.4, -0.2) is 47.6 Å². The molecule has 1 fully saturated rings. The number of sulfonamides is 1. The van der Waals surface area contributed by atoms with Gasteiger partial charge in [-0.05, 0) is 42.5 Å². The Bertz CT molecular complexity index is 685. The summed E-state index contributed by atoms with van der Waals surface area (Å²) < 4.78 is 26.2. The van der Waals surface area contributed by atoms with Crippen LogP contribution in [0.3, 0.4) is 0 Å². The zero-order valence-corrected chi connectivity index (χ0v) is 12.2. The van der Waals surface area contributed by atoms with Gasteiger partial charge in [0.05, 0.1) is 11.0 Å². The maximum atomic E-state index is 12.6. The second-order valence-corrected chi connectivity index (χ2v) is 7.49. The van der Waals surface area contributed by atoms with Crippen molar-refractivity contribution in [1.29, 1.82) is 0 Å². The van der Waals surface area contributed by atoms with Crippen LogP contribution >= 0.6 is 0 Å². The van der Waals surface area contributed by atoms with Crippen molar-refractivity contribution in [1.82, 2.24) is 4.31 Å². The third-order valence-corrected chi connectivity index (χ3v) is 6.07. The number of hydrogen-bond donors (Lipinski definition) is 2. The Kier molecular flexibility index (Phi) is 3.51. The number of carboxylic acids is 1. The highest BCUT2D eigenvalue weighted by Gasteiger charge is 2.43. The van der Waals surface area contributed by atoms with Crippen molar-refractivity contribution in [2.24, 2.45) is 0 Å². The van der Waals surface area contributed by atoms with Crippen molar-refractivity contribution in [2.75, 3.05) is 6.54 Å². The van der Waals surface area contributed by atoms with Crippen LogP contribution in [0.5, 0.6) is 0 Å². The van der Waals surface area contributed by atoms with Crippen molar-refractivity contribution in [3.8, 4) is 0 Å². The Labute approximate surface area is 123 Å². The standard InChI is InChI=1S/C14H17NO5S/c16-11-7-13(14(17)18)15(8-11)21(19,20)12-5-4-9-2-1-3-10(9)6-12/h4-6,11,13,16H,1-3,7-8H2,(H,17,18)/t11-,13-/m1/s1. The molecule has 0 bridgehead atoms. The van der Waals surface area contributed by atoms with Gasteiger partial charge in [-0.1, -0.05) is 6.07 Å². The Morgan fingerprint density at radius 1 is 1.24 bits per heavy atom. The van der Waals surface area contributed by atoms with E-state index in [-0.39, 0.29) is 17.9 Å². The predicted molar refractivity (Wildman–Crippen MR) is 74.4 cm³/mol. The number of rotatable bonds is 3. The molecule has 6 nitrogen and oxygen atoms in total. The third kappa shape index (κ3) is 2.45. The number of aliphatic carboxylic acids is 1. The lowest BCUT2D eigenvalue weighted by atomic mass is 10.1. The number of carbonyl (C=O) groups is 1. The first-order chi connectivity index (χ1) is 9.89. The van der Waals surface area contributed by atoms with Crippen molar-refractivity contribution < 1.29 is 23.4 Å². The van der Waals surface area contributed by atoms with E-state index in [1.54, 1.807) is 12.1 Å². The first-order valence-electron chi connectivity index (χ1n) is 6.94. The third-order valence-electron chi connectivity index (χ3n) is 4.20. The van der Waals surface area contributed by atoms with E-state index in [4.69, 9.17) is 5.11 Å². The summed E-state index contributed by atoms with van der Waals surface area (Å²) in [5, 5.41) is 18.8. The molecule has 1 saturated heterocycles. The maximum Gasteiger partial charge on any atom is 0.322 e. The molecule has 2 N–H and O–H groups in total. The van der Waals surface area contributed by atoms with Crippen LogP contribution in [0.4, 0.5) is 0 Å². The molecule has 0 spiro atoms. The van der Waals surface area contributed by atoms with Crippen molar-refractivity contribution >= 4 is 16.0 Å². The Hall–Kier alpha value is -1.44. The summed E-state index contributed by atoms with van der Waals surface area (Å²) >= 11 is 0. The molecule has 1 aliphatic heterocycles. The number of β-amino-alcohol motifs (C(OH)–C–C–N with tert-alkyl or cyclic N) is 1. The SMILES string of the molecule is O=C(O)[C@H]1C[C@@H](O)CN1S(=O)(=O)c1ccc2c(c1)CCC2. The topological polar surface area (TPSA) is 94.9 Å². The van der Waals surface area contributed by atoms with Gasteiger partial charge in [0.1, 0.15) is 6.04 Å². The predicted octanol–water partition coefficient (Wildman–Crippen LogP) is 0.384. The second-order valence-electron chi connectivity index (χ2n) is 5.60. The minimum Gasteiger partial charge on any atom is -0.480 e. The smallest absolute Gasteiger partial charge is 0.322 e. The van der Waals surface area contributed by atoms with Gasteiger partial charge in [0.15, 0.2) is 0 Å². The van der Waals surface area contributed by atoms with Gasteiger partial charge in [-0.2, -0.15) is 4.31 Å². The van der Waals surface area contributed by atoms with Gasteiger partial charge < -0.3 is 10.2 Å². The molecule has 2 atom stereocenters. The van der Waals surface area contributed by atoms with Crippen LogP contribution in [0, 0.1) is 0 Å². The first kappa shape index (κ1) is 14.5. The number of nitrogens with zero attached hydrogens (tertiary/aromatic N) is 1. The van der Waals surface area contributed by atoms with E-state index in [0.717, 1.165) is 34.7 Å². The summed E-state index contributed by atoms with van der Waals surface area (Å²) in [5.74, 6) is -1.23. The van der Waals surface area contributed by atoms with Gasteiger partial charge in [-0.25, -0.2) is 8.42 Å². The number of hydrogen-bond acceptors (Lipinski definition) is 4. The van der Waals surface area contributed by atoms with E-state index in [1.165, 1.54) is 6.07 Å². The number of aryl methyl sites for hydroxylation is 2. The minimum absolute atomic E-state index is 0.0699. The maximum absolute atomic E-state index is 12.6. The highest BCUT2D eigenvalue weighted by molar-refractivity contribution is 7.89. The molecule has 0 saturated carbocycles. The molecule has 7 heteroatoms. The summed E-state index contributed by atoms with van der Waals surface area (Å²) in [5.41, 5.74) is 2.17. The van der Waals surface area contributed by atoms with Crippen molar-refractivity contribution in [3.63, 3.8) is 0 Å². The quantitative estimate of drug-likeness (QED) is 0.842. The Morgan fingerprint density at radius 2 is 1.95 bits per heavy atom. The Balaban J connectivity index is 1.98. The molecule has 0 radical (unpaired) electrons. The summed E-state index contributed by atoms with van der Waals surface area (Å²) in [6.07, 6.45) is 1.81. The fourth-order valence-electron chi connectivity index (χ4n) is 3.12. The van der Waals surface area contributed by atoms with E-state index in [1.807, 2.05) is 0 Å². The molecule has 1 aromatic carbocycles. The summed E-state index contributed by atoms with van der Waals surface area (Å²) in [4.78, 5) is 11.3. The van der Waals surface area contributed by atoms with Crippen molar-refractivity contribution in [3.05, 3.63) is 29.3 Å². The summed E-state index contributed by atoms with van der Waals surface area (Å²) in [6, 6.07) is 3.78. The first-order valence-corrected chi connectivity index (χ1v) is 8.38. The van der Waals surface area contributed by atoms with Gasteiger partial charge in [0.2, 0.25) is 10.0 Å². The number of carboxylic acid groups (broad SMARTS) is 1. The van der Waals surface area contributed by atoms with Crippen LogP contribution in [0.25, 0.3) is 0 Å². The van der Waals surface area contributed by atoms with Crippen LogP contribution in [0.2, 0.25) is 0 Å². The number of fused-ring (bicyclic) bond motifs is 1. The molecule has 3 rings (SSSR count). The fraction of sp³-hybridized carbons (Fsp3) is 0.500. The lowest BCUT2D eigenvalue weighted by molar-refractivity contribution is -0.140. The second kappa shape index (κ2) is 5.08. The molecular formula is C14H17NO5S. The average Bonchev–Trinajstić information content (AvgIpc) is 3.03. The monoisotopic (exact) mass is 311 g/mol. The molecule has 1 heterocycles. The van der Waals surface area contributed by atoms with E-state index in [0.29, 0.717) is 0 Å². The van der Waals surface area contributed by atoms with Crippen LogP contribution in [0.15, 0.2) is 23.1 Å². The van der Waals surface area contributed by atoms with E-state index >= 15 is 0 Å².